The number of fused-ring (bicyclic) bond motifs is 2. The lowest BCUT2D eigenvalue weighted by Crippen LogP contribution is -2.52. The molecule has 1 N–H and O–H groups in total. The quantitative estimate of drug-likeness (QED) is 0.494. The minimum Gasteiger partial charge on any atom is -0.487 e. The van der Waals surface area contributed by atoms with Gasteiger partial charge in [-0.15, -0.1) is 0 Å². The Morgan fingerprint density at radius 2 is 1.63 bits per heavy atom. The number of rotatable bonds is 3. The number of carbonyl (C=O) groups is 2. The van der Waals surface area contributed by atoms with E-state index >= 15 is 0 Å². The Morgan fingerprint density at radius 3 is 2.44 bits per heavy atom. The van der Waals surface area contributed by atoms with Crippen molar-refractivity contribution in [1.82, 2.24) is 9.80 Å². The third-order valence-corrected chi connectivity index (χ3v) is 7.11. The van der Waals surface area contributed by atoms with Crippen molar-refractivity contribution in [3.63, 3.8) is 0 Å². The highest BCUT2D eigenvalue weighted by molar-refractivity contribution is 6.31. The number of nitrogens with one attached hydrogen (secondary N) is 1. The van der Waals surface area contributed by atoms with Gasteiger partial charge in [0.15, 0.2) is 17.2 Å². The first-order valence-electron chi connectivity index (χ1n) is 13.5. The van der Waals surface area contributed by atoms with Crippen LogP contribution in [0.1, 0.15) is 0 Å². The first kappa shape index (κ1) is 28.7. The molecule has 2 heterocycles. The number of benzene rings is 3. The van der Waals surface area contributed by atoms with Crippen molar-refractivity contribution >= 4 is 34.8 Å². The number of amides is 2. The van der Waals surface area contributed by atoms with Gasteiger partial charge in [-0.05, 0) is 42.5 Å². The monoisotopic (exact) mass is 582 g/mol. The van der Waals surface area contributed by atoms with Gasteiger partial charge >= 0.3 is 0 Å². The van der Waals surface area contributed by atoms with Gasteiger partial charge in [0.1, 0.15) is 12.4 Å². The van der Waals surface area contributed by atoms with Crippen LogP contribution in [-0.2, 0) is 14.3 Å². The normalized spacial score (nSPS) is 17.2. The van der Waals surface area contributed by atoms with Crippen LogP contribution in [0.3, 0.4) is 0 Å². The lowest BCUT2D eigenvalue weighted by atomic mass is 10.2. The summed E-state index contributed by atoms with van der Waals surface area (Å²) in [6, 6.07) is 18.9. The predicted octanol–water partition coefficient (Wildman–Crippen LogP) is 4.27. The summed E-state index contributed by atoms with van der Waals surface area (Å²) in [6.07, 6.45) is 0. The zero-order valence-electron chi connectivity index (χ0n) is 22.6. The molecule has 216 valence electrons. The molecular formula is C30H32ClFN4O5. The largest absolute Gasteiger partial charge is 0.487 e. The number of hydrogen-bond donors (Lipinski definition) is 1. The van der Waals surface area contributed by atoms with Crippen molar-refractivity contribution in [2.75, 3.05) is 75.9 Å². The van der Waals surface area contributed by atoms with Crippen LogP contribution in [0.5, 0.6) is 17.2 Å². The zero-order valence-corrected chi connectivity index (χ0v) is 23.3. The first-order chi connectivity index (χ1) is 20.0. The number of ether oxygens (including phenoxy) is 3. The highest BCUT2D eigenvalue weighted by Gasteiger charge is 2.25. The van der Waals surface area contributed by atoms with Crippen LogP contribution in [0.4, 0.5) is 15.8 Å². The average molecular weight is 583 g/mol. The van der Waals surface area contributed by atoms with Gasteiger partial charge < -0.3 is 29.3 Å². The summed E-state index contributed by atoms with van der Waals surface area (Å²) in [7, 11) is 0. The van der Waals surface area contributed by atoms with E-state index in [0.717, 1.165) is 0 Å². The number of piperazine rings is 1. The Morgan fingerprint density at radius 1 is 0.878 bits per heavy atom. The number of halogens is 2. The van der Waals surface area contributed by atoms with E-state index in [1.165, 1.54) is 6.07 Å². The molecule has 1 saturated heterocycles. The van der Waals surface area contributed by atoms with Gasteiger partial charge in [0.2, 0.25) is 11.8 Å². The van der Waals surface area contributed by atoms with Crippen molar-refractivity contribution in [1.29, 1.82) is 0 Å². The minimum atomic E-state index is -0.325. The van der Waals surface area contributed by atoms with E-state index in [-0.39, 0.29) is 30.7 Å². The average Bonchev–Trinajstić information content (AvgIpc) is 2.97. The number of hydrogen-bond acceptors (Lipinski definition) is 7. The molecule has 0 spiro atoms. The molecule has 9 nitrogen and oxygen atoms in total. The highest BCUT2D eigenvalue weighted by Crippen LogP contribution is 2.36. The molecule has 5 rings (SSSR count). The zero-order chi connectivity index (χ0) is 28.6. The third kappa shape index (κ3) is 7.66. The molecule has 3 aromatic rings. The fraction of sp³-hybridized carbons (Fsp3) is 0.333. The summed E-state index contributed by atoms with van der Waals surface area (Å²) in [6.45, 7) is 3.28. The SMILES string of the molecule is O=C1CN(CC(=O)N2CCN(c3ccccc3F)CC2)CCOCCOc2ccccc2Oc2ccc(Cl)cc2N1. The van der Waals surface area contributed by atoms with Gasteiger partial charge in [-0.3, -0.25) is 14.5 Å². The summed E-state index contributed by atoms with van der Waals surface area (Å²) in [5.74, 6) is 0.730. The number of nitrogens with zero attached hydrogens (tertiary/aromatic N) is 3. The minimum absolute atomic E-state index is 0.0384. The summed E-state index contributed by atoms with van der Waals surface area (Å²) >= 11 is 6.23. The van der Waals surface area contributed by atoms with Crippen molar-refractivity contribution < 1.29 is 28.2 Å². The van der Waals surface area contributed by atoms with E-state index in [0.29, 0.717) is 86.2 Å². The standard InChI is InChI=1S/C30H32ClFN4O5/c31-22-9-10-26-24(19-22)33-29(37)20-34(15-16-39-17-18-40-27-7-3-4-8-28(27)41-26)21-30(38)36-13-11-35(12-14-36)25-6-2-1-5-23(25)32/h1-10,19H,11-18,20-21H2,(H,33,37). The van der Waals surface area contributed by atoms with Crippen molar-refractivity contribution in [3.8, 4) is 17.2 Å². The smallest absolute Gasteiger partial charge is 0.238 e. The summed E-state index contributed by atoms with van der Waals surface area (Å²) in [4.78, 5) is 31.8. The van der Waals surface area contributed by atoms with Gasteiger partial charge in [-0.1, -0.05) is 35.9 Å². The van der Waals surface area contributed by atoms with Crippen LogP contribution in [-0.4, -0.2) is 87.2 Å². The Balaban J connectivity index is 1.25. The maximum Gasteiger partial charge on any atom is 0.238 e. The molecule has 2 aliphatic rings. The predicted molar refractivity (Wildman–Crippen MR) is 155 cm³/mol. The molecule has 41 heavy (non-hydrogen) atoms. The molecule has 0 bridgehead atoms. The van der Waals surface area contributed by atoms with Crippen molar-refractivity contribution in [2.24, 2.45) is 0 Å². The van der Waals surface area contributed by atoms with Crippen LogP contribution < -0.4 is 19.7 Å². The van der Waals surface area contributed by atoms with Crippen LogP contribution in [0.2, 0.25) is 5.02 Å². The van der Waals surface area contributed by atoms with E-state index < -0.39 is 0 Å². The van der Waals surface area contributed by atoms with E-state index in [2.05, 4.69) is 5.32 Å². The van der Waals surface area contributed by atoms with E-state index in [1.807, 2.05) is 17.0 Å². The van der Waals surface area contributed by atoms with E-state index in [4.69, 9.17) is 25.8 Å². The topological polar surface area (TPSA) is 83.6 Å². The van der Waals surface area contributed by atoms with Gasteiger partial charge in [0.25, 0.3) is 0 Å². The maximum atomic E-state index is 14.2. The summed E-state index contributed by atoms with van der Waals surface area (Å²) < 4.78 is 31.9. The molecule has 2 amide bonds. The van der Waals surface area contributed by atoms with Crippen LogP contribution in [0.15, 0.2) is 66.7 Å². The molecule has 0 radical (unpaired) electrons. The van der Waals surface area contributed by atoms with E-state index in [9.17, 15) is 14.0 Å². The third-order valence-electron chi connectivity index (χ3n) is 6.87. The number of para-hydroxylation sites is 3. The molecule has 0 atom stereocenters. The number of anilines is 2. The molecule has 11 heteroatoms. The molecule has 0 aromatic heterocycles. The molecule has 3 aromatic carbocycles. The first-order valence-corrected chi connectivity index (χ1v) is 13.9. The molecule has 1 fully saturated rings. The second-order valence-electron chi connectivity index (χ2n) is 9.73. The van der Waals surface area contributed by atoms with Crippen molar-refractivity contribution in [3.05, 3.63) is 77.6 Å². The summed E-state index contributed by atoms with van der Waals surface area (Å²) in [5, 5.41) is 3.31. The molecule has 2 aliphatic heterocycles. The Bertz CT molecular complexity index is 1370. The fourth-order valence-corrected chi connectivity index (χ4v) is 4.94. The Hall–Kier alpha value is -3.86. The van der Waals surface area contributed by atoms with Crippen molar-refractivity contribution in [2.45, 2.75) is 0 Å². The van der Waals surface area contributed by atoms with Crippen LogP contribution in [0, 0.1) is 5.82 Å². The second-order valence-corrected chi connectivity index (χ2v) is 10.2. The number of carbonyl (C=O) groups excluding carboxylic acids is 2. The van der Waals surface area contributed by atoms with Gasteiger partial charge in [-0.25, -0.2) is 4.39 Å². The maximum absolute atomic E-state index is 14.2. The molecule has 0 unspecified atom stereocenters. The molecule has 0 saturated carbocycles. The highest BCUT2D eigenvalue weighted by atomic mass is 35.5. The van der Waals surface area contributed by atoms with Gasteiger partial charge in [0.05, 0.1) is 37.7 Å². The Kier molecular flexibility index (Phi) is 9.55. The lowest BCUT2D eigenvalue weighted by Gasteiger charge is -2.37. The Labute approximate surface area is 243 Å². The summed E-state index contributed by atoms with van der Waals surface area (Å²) in [5.41, 5.74) is 0.939. The molecule has 0 aliphatic carbocycles. The fourth-order valence-electron chi connectivity index (χ4n) is 4.77. The lowest BCUT2D eigenvalue weighted by molar-refractivity contribution is -0.133. The second kappa shape index (κ2) is 13.7. The molecular weight excluding hydrogens is 551 g/mol. The van der Waals surface area contributed by atoms with E-state index in [1.54, 1.807) is 58.3 Å². The van der Waals surface area contributed by atoms with Crippen LogP contribution >= 0.6 is 11.6 Å². The van der Waals surface area contributed by atoms with Gasteiger partial charge in [0, 0.05) is 37.7 Å². The van der Waals surface area contributed by atoms with Gasteiger partial charge in [-0.2, -0.15) is 0 Å². The van der Waals surface area contributed by atoms with Crippen LogP contribution in [0.25, 0.3) is 0 Å².